The summed E-state index contributed by atoms with van der Waals surface area (Å²) in [7, 11) is 0. The van der Waals surface area contributed by atoms with Crippen LogP contribution in [0, 0.1) is 0 Å². The molecule has 2 aliphatic rings. The average Bonchev–Trinajstić information content (AvgIpc) is 2.71. The summed E-state index contributed by atoms with van der Waals surface area (Å²) in [5, 5.41) is 0. The first-order chi connectivity index (χ1) is 10.9. The Morgan fingerprint density at radius 1 is 1.39 bits per heavy atom. The van der Waals surface area contributed by atoms with Crippen LogP contribution >= 0.6 is 0 Å². The molecule has 0 radical (unpaired) electrons. The van der Waals surface area contributed by atoms with E-state index in [-0.39, 0.29) is 12.0 Å². The first-order valence-electron chi connectivity index (χ1n) is 8.21. The molecule has 5 heteroatoms. The lowest BCUT2D eigenvalue weighted by atomic mass is 9.92. The van der Waals surface area contributed by atoms with Gasteiger partial charge in [-0.1, -0.05) is 19.1 Å². The van der Waals surface area contributed by atoms with Gasteiger partial charge in [-0.25, -0.2) is 4.79 Å². The van der Waals surface area contributed by atoms with Crippen molar-refractivity contribution in [2.24, 2.45) is 0 Å². The topological polar surface area (TPSA) is 55.8 Å². The SMILES string of the molecule is CC[C@@H]1CN(C(=O)c2cccc3c2C(=O)OC3(C)C)CCCO1. The molecule has 0 unspecified atom stereocenters. The van der Waals surface area contributed by atoms with Crippen LogP contribution in [-0.2, 0) is 15.1 Å². The van der Waals surface area contributed by atoms with Gasteiger partial charge < -0.3 is 14.4 Å². The van der Waals surface area contributed by atoms with Crippen molar-refractivity contribution < 1.29 is 19.1 Å². The average molecular weight is 317 g/mol. The molecule has 0 bridgehead atoms. The molecule has 1 aromatic carbocycles. The number of carbonyl (C=O) groups is 2. The van der Waals surface area contributed by atoms with Crippen LogP contribution in [0.5, 0.6) is 0 Å². The second-order valence-electron chi connectivity index (χ2n) is 6.63. The van der Waals surface area contributed by atoms with Crippen molar-refractivity contribution in [3.05, 3.63) is 34.9 Å². The molecule has 1 aromatic rings. The Morgan fingerprint density at radius 3 is 2.91 bits per heavy atom. The Kier molecular flexibility index (Phi) is 4.15. The third-order valence-electron chi connectivity index (χ3n) is 4.59. The predicted octanol–water partition coefficient (Wildman–Crippen LogP) is 2.73. The van der Waals surface area contributed by atoms with Gasteiger partial charge in [0.15, 0.2) is 0 Å². The van der Waals surface area contributed by atoms with Crippen molar-refractivity contribution in [1.82, 2.24) is 4.90 Å². The number of carbonyl (C=O) groups excluding carboxylic acids is 2. The molecule has 1 fully saturated rings. The highest BCUT2D eigenvalue weighted by molar-refractivity contribution is 6.08. The summed E-state index contributed by atoms with van der Waals surface area (Å²) < 4.78 is 11.2. The third-order valence-corrected chi connectivity index (χ3v) is 4.59. The van der Waals surface area contributed by atoms with Gasteiger partial charge in [0.2, 0.25) is 0 Å². The fourth-order valence-electron chi connectivity index (χ4n) is 3.29. The quantitative estimate of drug-likeness (QED) is 0.787. The van der Waals surface area contributed by atoms with E-state index in [1.54, 1.807) is 11.0 Å². The van der Waals surface area contributed by atoms with Gasteiger partial charge in [-0.2, -0.15) is 0 Å². The van der Waals surface area contributed by atoms with Crippen molar-refractivity contribution in [3.8, 4) is 0 Å². The molecule has 1 atom stereocenters. The maximum Gasteiger partial charge on any atom is 0.340 e. The van der Waals surface area contributed by atoms with E-state index in [2.05, 4.69) is 6.92 Å². The zero-order valence-electron chi connectivity index (χ0n) is 13.9. The Hall–Kier alpha value is -1.88. The van der Waals surface area contributed by atoms with E-state index >= 15 is 0 Å². The van der Waals surface area contributed by atoms with Crippen LogP contribution in [0.1, 0.15) is 59.9 Å². The molecule has 0 N–H and O–H groups in total. The fraction of sp³-hybridized carbons (Fsp3) is 0.556. The number of amides is 1. The van der Waals surface area contributed by atoms with Gasteiger partial charge in [0.1, 0.15) is 5.60 Å². The zero-order chi connectivity index (χ0) is 16.6. The van der Waals surface area contributed by atoms with Crippen LogP contribution in [-0.4, -0.2) is 42.6 Å². The van der Waals surface area contributed by atoms with E-state index < -0.39 is 11.6 Å². The van der Waals surface area contributed by atoms with Crippen LogP contribution in [0.4, 0.5) is 0 Å². The van der Waals surface area contributed by atoms with Crippen molar-refractivity contribution >= 4 is 11.9 Å². The Labute approximate surface area is 136 Å². The Bertz CT molecular complexity index is 638. The lowest BCUT2D eigenvalue weighted by molar-refractivity contribution is 0.00942. The minimum atomic E-state index is -0.684. The van der Waals surface area contributed by atoms with Gasteiger partial charge in [0, 0.05) is 25.3 Å². The first kappa shape index (κ1) is 16.0. The van der Waals surface area contributed by atoms with E-state index in [0.717, 1.165) is 18.4 Å². The van der Waals surface area contributed by atoms with Crippen LogP contribution < -0.4 is 0 Å². The Balaban J connectivity index is 1.95. The predicted molar refractivity (Wildman–Crippen MR) is 85.4 cm³/mol. The zero-order valence-corrected chi connectivity index (χ0v) is 13.9. The molecule has 23 heavy (non-hydrogen) atoms. The van der Waals surface area contributed by atoms with Crippen LogP contribution in [0.25, 0.3) is 0 Å². The molecule has 3 rings (SSSR count). The van der Waals surface area contributed by atoms with E-state index in [4.69, 9.17) is 9.47 Å². The van der Waals surface area contributed by atoms with E-state index in [1.807, 2.05) is 26.0 Å². The minimum Gasteiger partial charge on any atom is -0.451 e. The standard InChI is InChI=1S/C18H23NO4/c1-4-12-11-19(9-6-10-22-12)16(20)13-7-5-8-14-15(13)17(21)23-18(14,2)3/h5,7-8,12H,4,6,9-11H2,1-3H3/t12-/m1/s1. The number of nitrogens with zero attached hydrogens (tertiary/aromatic N) is 1. The number of hydrogen-bond acceptors (Lipinski definition) is 4. The van der Waals surface area contributed by atoms with Gasteiger partial charge in [-0.15, -0.1) is 0 Å². The van der Waals surface area contributed by atoms with Gasteiger partial charge in [-0.05, 0) is 32.8 Å². The molecule has 0 aliphatic carbocycles. The number of ether oxygens (including phenoxy) is 2. The molecular formula is C18H23NO4. The lowest BCUT2D eigenvalue weighted by Crippen LogP contribution is -2.37. The number of benzene rings is 1. The van der Waals surface area contributed by atoms with Gasteiger partial charge in [-0.3, -0.25) is 4.79 Å². The highest BCUT2D eigenvalue weighted by atomic mass is 16.6. The largest absolute Gasteiger partial charge is 0.451 e. The second kappa shape index (κ2) is 5.96. The van der Waals surface area contributed by atoms with Crippen molar-refractivity contribution in [2.45, 2.75) is 45.3 Å². The molecule has 0 spiro atoms. The molecular weight excluding hydrogens is 294 g/mol. The first-order valence-corrected chi connectivity index (χ1v) is 8.21. The summed E-state index contributed by atoms with van der Waals surface area (Å²) in [5.74, 6) is -0.521. The number of rotatable bonds is 2. The van der Waals surface area contributed by atoms with Crippen LogP contribution in [0.2, 0.25) is 0 Å². The molecule has 1 saturated heterocycles. The summed E-state index contributed by atoms with van der Waals surface area (Å²) in [4.78, 5) is 27.1. The monoisotopic (exact) mass is 317 g/mol. The second-order valence-corrected chi connectivity index (χ2v) is 6.63. The van der Waals surface area contributed by atoms with Gasteiger partial charge in [0.25, 0.3) is 5.91 Å². The highest BCUT2D eigenvalue weighted by Gasteiger charge is 2.41. The maximum absolute atomic E-state index is 13.0. The van der Waals surface area contributed by atoms with E-state index in [9.17, 15) is 9.59 Å². The normalized spacial score (nSPS) is 23.2. The molecule has 5 nitrogen and oxygen atoms in total. The maximum atomic E-state index is 13.0. The number of cyclic esters (lactones) is 1. The molecule has 0 aromatic heterocycles. The van der Waals surface area contributed by atoms with Crippen molar-refractivity contribution in [2.75, 3.05) is 19.7 Å². The fourth-order valence-corrected chi connectivity index (χ4v) is 3.29. The van der Waals surface area contributed by atoms with E-state index in [0.29, 0.717) is 30.8 Å². The van der Waals surface area contributed by atoms with Crippen molar-refractivity contribution in [1.29, 1.82) is 0 Å². The number of fused-ring (bicyclic) bond motifs is 1. The van der Waals surface area contributed by atoms with Gasteiger partial charge >= 0.3 is 5.97 Å². The summed E-state index contributed by atoms with van der Waals surface area (Å²) in [6.07, 6.45) is 1.74. The van der Waals surface area contributed by atoms with Crippen LogP contribution in [0.3, 0.4) is 0 Å². The molecule has 124 valence electrons. The van der Waals surface area contributed by atoms with E-state index in [1.165, 1.54) is 0 Å². The molecule has 1 amide bonds. The smallest absolute Gasteiger partial charge is 0.340 e. The lowest BCUT2D eigenvalue weighted by Gasteiger charge is -2.24. The summed E-state index contributed by atoms with van der Waals surface area (Å²) in [5.41, 5.74) is 0.957. The molecule has 0 saturated carbocycles. The van der Waals surface area contributed by atoms with Gasteiger partial charge in [0.05, 0.1) is 17.2 Å². The minimum absolute atomic E-state index is 0.0570. The summed E-state index contributed by atoms with van der Waals surface area (Å²) in [6, 6.07) is 5.40. The number of hydrogen-bond donors (Lipinski definition) is 0. The van der Waals surface area contributed by atoms with Crippen molar-refractivity contribution in [3.63, 3.8) is 0 Å². The summed E-state index contributed by atoms with van der Waals surface area (Å²) >= 11 is 0. The third kappa shape index (κ3) is 2.85. The van der Waals surface area contributed by atoms with Crippen LogP contribution in [0.15, 0.2) is 18.2 Å². The summed E-state index contributed by atoms with van der Waals surface area (Å²) in [6.45, 7) is 7.63. The molecule has 2 heterocycles. The molecule has 2 aliphatic heterocycles. The highest BCUT2D eigenvalue weighted by Crippen LogP contribution is 2.37. The number of esters is 1. The Morgan fingerprint density at radius 2 is 2.17 bits per heavy atom.